The van der Waals surface area contributed by atoms with Crippen LogP contribution in [0.4, 0.5) is 0 Å². The Morgan fingerprint density at radius 2 is 1.74 bits per heavy atom. The summed E-state index contributed by atoms with van der Waals surface area (Å²) in [5.74, 6) is 0.561. The molecular formula is C23H33N3O. The molecule has 1 amide bonds. The van der Waals surface area contributed by atoms with Crippen LogP contribution >= 0.6 is 0 Å². The molecule has 1 aliphatic heterocycles. The molecule has 4 nitrogen and oxygen atoms in total. The van der Waals surface area contributed by atoms with Crippen molar-refractivity contribution in [2.45, 2.75) is 57.5 Å². The van der Waals surface area contributed by atoms with E-state index in [-0.39, 0.29) is 5.92 Å². The van der Waals surface area contributed by atoms with Crippen LogP contribution in [0.15, 0.2) is 30.5 Å². The minimum atomic E-state index is 0.183. The SMILES string of the molecule is CN1CCCCCCN(Cc2cn(C)c3ccccc23)[C@H]2CCC[C@H]2C1=O. The molecule has 27 heavy (non-hydrogen) atoms. The van der Waals surface area contributed by atoms with Crippen LogP contribution in [0.25, 0.3) is 10.9 Å². The van der Waals surface area contributed by atoms with Gasteiger partial charge in [0.2, 0.25) is 5.91 Å². The van der Waals surface area contributed by atoms with Crippen LogP contribution < -0.4 is 0 Å². The van der Waals surface area contributed by atoms with E-state index in [9.17, 15) is 4.79 Å². The maximum absolute atomic E-state index is 13.1. The highest BCUT2D eigenvalue weighted by molar-refractivity contribution is 5.84. The lowest BCUT2D eigenvalue weighted by atomic mass is 9.99. The highest BCUT2D eigenvalue weighted by Crippen LogP contribution is 2.34. The average molecular weight is 368 g/mol. The zero-order chi connectivity index (χ0) is 18.8. The first-order valence-electron chi connectivity index (χ1n) is 10.7. The van der Waals surface area contributed by atoms with Crippen LogP contribution in [0.2, 0.25) is 0 Å². The number of nitrogens with zero attached hydrogens (tertiary/aromatic N) is 3. The number of carbonyl (C=O) groups is 1. The van der Waals surface area contributed by atoms with Crippen molar-refractivity contribution in [2.24, 2.45) is 13.0 Å². The number of hydrogen-bond donors (Lipinski definition) is 0. The maximum Gasteiger partial charge on any atom is 0.227 e. The molecule has 1 aliphatic carbocycles. The van der Waals surface area contributed by atoms with Crippen LogP contribution in [-0.2, 0) is 18.4 Å². The smallest absolute Gasteiger partial charge is 0.227 e. The number of para-hydroxylation sites is 1. The van der Waals surface area contributed by atoms with Crippen molar-refractivity contribution in [1.82, 2.24) is 14.4 Å². The fourth-order valence-electron chi connectivity index (χ4n) is 5.21. The van der Waals surface area contributed by atoms with Crippen LogP contribution in [0, 0.1) is 5.92 Å². The number of hydrogen-bond acceptors (Lipinski definition) is 2. The van der Waals surface area contributed by atoms with Gasteiger partial charge < -0.3 is 9.47 Å². The molecule has 0 N–H and O–H groups in total. The van der Waals surface area contributed by atoms with Gasteiger partial charge in [-0.3, -0.25) is 9.69 Å². The van der Waals surface area contributed by atoms with Crippen molar-refractivity contribution >= 4 is 16.8 Å². The normalized spacial score (nSPS) is 25.6. The molecule has 2 fully saturated rings. The minimum absolute atomic E-state index is 0.183. The molecule has 4 heteroatoms. The molecule has 0 radical (unpaired) electrons. The first-order valence-corrected chi connectivity index (χ1v) is 10.7. The van der Waals surface area contributed by atoms with Crippen LogP contribution in [0.3, 0.4) is 0 Å². The Morgan fingerprint density at radius 1 is 0.963 bits per heavy atom. The summed E-state index contributed by atoms with van der Waals surface area (Å²) in [6.45, 7) is 2.99. The second-order valence-electron chi connectivity index (χ2n) is 8.53. The summed E-state index contributed by atoms with van der Waals surface area (Å²) in [4.78, 5) is 17.7. The van der Waals surface area contributed by atoms with Gasteiger partial charge in [0.1, 0.15) is 0 Å². The highest BCUT2D eigenvalue weighted by atomic mass is 16.2. The number of benzene rings is 1. The molecule has 1 aromatic heterocycles. The number of aryl methyl sites for hydroxylation is 1. The summed E-state index contributed by atoms with van der Waals surface area (Å²) in [6, 6.07) is 9.08. The van der Waals surface area contributed by atoms with Crippen molar-refractivity contribution in [3.63, 3.8) is 0 Å². The summed E-state index contributed by atoms with van der Waals surface area (Å²) in [7, 11) is 4.14. The number of amides is 1. The van der Waals surface area contributed by atoms with Gasteiger partial charge in [0.05, 0.1) is 5.92 Å². The van der Waals surface area contributed by atoms with Gasteiger partial charge in [-0.05, 0) is 43.9 Å². The molecular weight excluding hydrogens is 334 g/mol. The van der Waals surface area contributed by atoms with Crippen molar-refractivity contribution < 1.29 is 4.79 Å². The second-order valence-corrected chi connectivity index (χ2v) is 8.53. The van der Waals surface area contributed by atoms with Crippen molar-refractivity contribution in [3.05, 3.63) is 36.0 Å². The summed E-state index contributed by atoms with van der Waals surface area (Å²) >= 11 is 0. The van der Waals surface area contributed by atoms with Gasteiger partial charge in [-0.2, -0.15) is 0 Å². The predicted molar refractivity (Wildman–Crippen MR) is 111 cm³/mol. The van der Waals surface area contributed by atoms with E-state index < -0.39 is 0 Å². The molecule has 1 saturated carbocycles. The third-order valence-corrected chi connectivity index (χ3v) is 6.68. The van der Waals surface area contributed by atoms with Crippen molar-refractivity contribution in [3.8, 4) is 0 Å². The van der Waals surface area contributed by atoms with Gasteiger partial charge in [-0.1, -0.05) is 37.5 Å². The molecule has 2 heterocycles. The van der Waals surface area contributed by atoms with E-state index in [1.165, 1.54) is 42.1 Å². The molecule has 0 spiro atoms. The number of aromatic nitrogens is 1. The first-order chi connectivity index (χ1) is 13.1. The Bertz CT molecular complexity index is 796. The lowest BCUT2D eigenvalue weighted by Crippen LogP contribution is -2.44. The Kier molecular flexibility index (Phi) is 5.53. The Labute approximate surface area is 163 Å². The summed E-state index contributed by atoms with van der Waals surface area (Å²) in [6.07, 6.45) is 10.6. The van der Waals surface area contributed by atoms with Crippen molar-refractivity contribution in [2.75, 3.05) is 20.1 Å². The first kappa shape index (κ1) is 18.5. The van der Waals surface area contributed by atoms with E-state index in [1.807, 2.05) is 11.9 Å². The highest BCUT2D eigenvalue weighted by Gasteiger charge is 2.38. The fourth-order valence-corrected chi connectivity index (χ4v) is 5.21. The maximum atomic E-state index is 13.1. The van der Waals surface area contributed by atoms with E-state index in [4.69, 9.17) is 0 Å². The second kappa shape index (κ2) is 8.05. The van der Waals surface area contributed by atoms with Crippen LogP contribution in [0.1, 0.15) is 50.5 Å². The van der Waals surface area contributed by atoms with Crippen LogP contribution in [0.5, 0.6) is 0 Å². The van der Waals surface area contributed by atoms with E-state index in [0.717, 1.165) is 38.9 Å². The third-order valence-electron chi connectivity index (χ3n) is 6.68. The summed E-state index contributed by atoms with van der Waals surface area (Å²) in [5, 5.41) is 1.35. The predicted octanol–water partition coefficient (Wildman–Crippen LogP) is 4.18. The molecule has 4 rings (SSSR count). The fraction of sp³-hybridized carbons (Fsp3) is 0.609. The van der Waals surface area contributed by atoms with Gasteiger partial charge in [-0.15, -0.1) is 0 Å². The van der Waals surface area contributed by atoms with E-state index >= 15 is 0 Å². The van der Waals surface area contributed by atoms with E-state index in [1.54, 1.807) is 0 Å². The van der Waals surface area contributed by atoms with Gasteiger partial charge in [0.15, 0.2) is 0 Å². The average Bonchev–Trinajstić information content (AvgIpc) is 3.27. The monoisotopic (exact) mass is 367 g/mol. The standard InChI is InChI=1S/C23H33N3O/c1-24-14-7-3-4-8-15-26(22-13-9-11-20(22)23(24)27)17-18-16-25(2)21-12-6-5-10-19(18)21/h5-6,10,12,16,20,22H,3-4,7-9,11,13-15,17H2,1-2H3/t20-,22+/m1/s1. The molecule has 1 aromatic carbocycles. The van der Waals surface area contributed by atoms with E-state index in [2.05, 4.69) is 47.0 Å². The van der Waals surface area contributed by atoms with Crippen LogP contribution in [-0.4, -0.2) is 46.5 Å². The Hall–Kier alpha value is -1.81. The quantitative estimate of drug-likeness (QED) is 0.796. The summed E-state index contributed by atoms with van der Waals surface area (Å²) in [5.41, 5.74) is 2.69. The minimum Gasteiger partial charge on any atom is -0.350 e. The van der Waals surface area contributed by atoms with Crippen molar-refractivity contribution in [1.29, 1.82) is 0 Å². The molecule has 146 valence electrons. The summed E-state index contributed by atoms with van der Waals surface area (Å²) < 4.78 is 2.24. The van der Waals surface area contributed by atoms with Gasteiger partial charge in [0.25, 0.3) is 0 Å². The molecule has 1 saturated heterocycles. The number of fused-ring (bicyclic) bond motifs is 2. The topological polar surface area (TPSA) is 28.5 Å². The van der Waals surface area contributed by atoms with Gasteiger partial charge in [-0.25, -0.2) is 0 Å². The number of rotatable bonds is 2. The molecule has 0 unspecified atom stereocenters. The van der Waals surface area contributed by atoms with Gasteiger partial charge in [0, 0.05) is 50.3 Å². The molecule has 2 atom stereocenters. The lowest BCUT2D eigenvalue weighted by molar-refractivity contribution is -0.136. The molecule has 2 aromatic rings. The lowest BCUT2D eigenvalue weighted by Gasteiger charge is -2.33. The number of carbonyl (C=O) groups excluding carboxylic acids is 1. The third kappa shape index (κ3) is 3.77. The molecule has 0 bridgehead atoms. The zero-order valence-corrected chi connectivity index (χ0v) is 16.9. The Balaban J connectivity index is 1.62. The van der Waals surface area contributed by atoms with E-state index in [0.29, 0.717) is 11.9 Å². The largest absolute Gasteiger partial charge is 0.350 e. The Morgan fingerprint density at radius 3 is 2.59 bits per heavy atom. The molecule has 2 aliphatic rings. The zero-order valence-electron chi connectivity index (χ0n) is 16.9. The van der Waals surface area contributed by atoms with Gasteiger partial charge >= 0.3 is 0 Å².